The third kappa shape index (κ3) is 1.75. The van der Waals surface area contributed by atoms with Crippen molar-refractivity contribution >= 4 is 17.4 Å². The summed E-state index contributed by atoms with van der Waals surface area (Å²) in [7, 11) is 1.41. The van der Waals surface area contributed by atoms with Gasteiger partial charge in [0.1, 0.15) is 0 Å². The van der Waals surface area contributed by atoms with Crippen LogP contribution in [0.4, 0.5) is 5.82 Å². The third-order valence-electron chi connectivity index (χ3n) is 1.03. The maximum atomic E-state index is 8.11. The highest BCUT2D eigenvalue weighted by Gasteiger charge is 2.02. The molecular weight excluding hydrogens is 182 g/mol. The summed E-state index contributed by atoms with van der Waals surface area (Å²) in [4.78, 5) is 9.92. The molecule has 0 spiro atoms. The highest BCUT2D eigenvalue weighted by Crippen LogP contribution is 2.22. The van der Waals surface area contributed by atoms with Crippen LogP contribution in [0, 0.1) is 0 Å². The first-order valence-electron chi connectivity index (χ1n) is 2.89. The van der Waals surface area contributed by atoms with Crippen LogP contribution in [0.1, 0.15) is 0 Å². The van der Waals surface area contributed by atoms with Crippen LogP contribution < -0.4 is 4.74 Å². The maximum absolute atomic E-state index is 8.11. The van der Waals surface area contributed by atoms with Gasteiger partial charge in [0, 0.05) is 4.91 Å². The minimum absolute atomic E-state index is 0.0611. The van der Waals surface area contributed by atoms with Gasteiger partial charge in [-0.1, -0.05) is 11.6 Å². The first-order chi connectivity index (χ1) is 5.77. The Morgan fingerprint density at radius 1 is 1.75 bits per heavy atom. The summed E-state index contributed by atoms with van der Waals surface area (Å²) in [5, 5.41) is 3.42. The summed E-state index contributed by atoms with van der Waals surface area (Å²) in [5.41, 5.74) is 8.11. The van der Waals surface area contributed by atoms with Crippen LogP contribution in [0.15, 0.2) is 11.3 Å². The molecule has 0 fully saturated rings. The second kappa shape index (κ2) is 3.75. The van der Waals surface area contributed by atoms with E-state index >= 15 is 0 Å². The van der Waals surface area contributed by atoms with Crippen LogP contribution in [-0.4, -0.2) is 17.1 Å². The normalized spacial score (nSPS) is 8.83. The van der Waals surface area contributed by atoms with Crippen molar-refractivity contribution < 1.29 is 4.74 Å². The number of aromatic nitrogens is 2. The standard InChI is InChI=1S/C5H4ClN5O/c1-12-5-8-2-3(6)4(9-5)10-11-7/h2H,1H3. The van der Waals surface area contributed by atoms with Gasteiger partial charge < -0.3 is 4.74 Å². The second-order valence-corrected chi connectivity index (χ2v) is 2.12. The summed E-state index contributed by atoms with van der Waals surface area (Å²) < 4.78 is 4.69. The van der Waals surface area contributed by atoms with Gasteiger partial charge in [-0.2, -0.15) is 4.98 Å². The van der Waals surface area contributed by atoms with Crippen molar-refractivity contribution in [3.05, 3.63) is 21.7 Å². The Balaban J connectivity index is 3.16. The van der Waals surface area contributed by atoms with E-state index in [9.17, 15) is 0 Å². The molecule has 0 aromatic carbocycles. The van der Waals surface area contributed by atoms with Crippen molar-refractivity contribution in [2.45, 2.75) is 0 Å². The highest BCUT2D eigenvalue weighted by molar-refractivity contribution is 6.32. The molecule has 0 aliphatic heterocycles. The van der Waals surface area contributed by atoms with Gasteiger partial charge in [-0.3, -0.25) is 0 Å². The molecule has 7 heteroatoms. The summed E-state index contributed by atoms with van der Waals surface area (Å²) in [5.74, 6) is 0.0611. The zero-order valence-electron chi connectivity index (χ0n) is 6.10. The Morgan fingerprint density at radius 3 is 3.08 bits per heavy atom. The number of hydrogen-bond acceptors (Lipinski definition) is 4. The molecule has 1 aromatic heterocycles. The van der Waals surface area contributed by atoms with E-state index in [0.717, 1.165) is 0 Å². The molecule has 0 aliphatic carbocycles. The van der Waals surface area contributed by atoms with Crippen LogP contribution >= 0.6 is 11.6 Å². The van der Waals surface area contributed by atoms with Gasteiger partial charge in [0.25, 0.3) is 0 Å². The van der Waals surface area contributed by atoms with E-state index in [-0.39, 0.29) is 16.9 Å². The predicted molar refractivity (Wildman–Crippen MR) is 42.4 cm³/mol. The minimum atomic E-state index is 0.0611. The third-order valence-corrected chi connectivity index (χ3v) is 1.29. The van der Waals surface area contributed by atoms with Gasteiger partial charge in [0.05, 0.1) is 18.3 Å². The van der Waals surface area contributed by atoms with Gasteiger partial charge in [-0.15, -0.1) is 0 Å². The van der Waals surface area contributed by atoms with E-state index in [1.807, 2.05) is 0 Å². The van der Waals surface area contributed by atoms with Crippen molar-refractivity contribution in [1.82, 2.24) is 9.97 Å². The van der Waals surface area contributed by atoms with Crippen molar-refractivity contribution in [2.75, 3.05) is 7.11 Å². The molecule has 0 saturated heterocycles. The first-order valence-corrected chi connectivity index (χ1v) is 3.27. The van der Waals surface area contributed by atoms with Crippen LogP contribution in [-0.2, 0) is 0 Å². The maximum Gasteiger partial charge on any atom is 0.316 e. The molecule has 62 valence electrons. The fourth-order valence-electron chi connectivity index (χ4n) is 0.553. The predicted octanol–water partition coefficient (Wildman–Crippen LogP) is 2.08. The van der Waals surface area contributed by atoms with Gasteiger partial charge in [0.2, 0.25) is 0 Å². The van der Waals surface area contributed by atoms with Crippen LogP contribution in [0.25, 0.3) is 10.4 Å². The smallest absolute Gasteiger partial charge is 0.316 e. The number of methoxy groups -OCH3 is 1. The van der Waals surface area contributed by atoms with Crippen LogP contribution in [0.5, 0.6) is 6.01 Å². The van der Waals surface area contributed by atoms with Gasteiger partial charge in [0.15, 0.2) is 5.82 Å². The van der Waals surface area contributed by atoms with Crippen molar-refractivity contribution in [2.24, 2.45) is 5.11 Å². The van der Waals surface area contributed by atoms with Crippen molar-refractivity contribution in [1.29, 1.82) is 0 Å². The molecule has 0 amide bonds. The van der Waals surface area contributed by atoms with Gasteiger partial charge in [-0.25, -0.2) is 4.98 Å². The number of azide groups is 1. The van der Waals surface area contributed by atoms with Crippen molar-refractivity contribution in [3.63, 3.8) is 0 Å². The number of halogens is 1. The lowest BCUT2D eigenvalue weighted by Crippen LogP contribution is -1.90. The molecule has 0 radical (unpaired) electrons. The SMILES string of the molecule is COc1ncc(Cl)c(N=[N+]=[N-])n1. The molecule has 0 atom stereocenters. The summed E-state index contributed by atoms with van der Waals surface area (Å²) in [6.45, 7) is 0. The summed E-state index contributed by atoms with van der Waals surface area (Å²) >= 11 is 5.59. The lowest BCUT2D eigenvalue weighted by molar-refractivity contribution is 0.380. The first kappa shape index (κ1) is 8.58. The molecule has 0 saturated carbocycles. The van der Waals surface area contributed by atoms with E-state index in [4.69, 9.17) is 21.9 Å². The lowest BCUT2D eigenvalue weighted by Gasteiger charge is -1.98. The van der Waals surface area contributed by atoms with E-state index in [0.29, 0.717) is 0 Å². The number of nitrogens with zero attached hydrogens (tertiary/aromatic N) is 5. The van der Waals surface area contributed by atoms with E-state index in [2.05, 4.69) is 20.0 Å². The summed E-state index contributed by atoms with van der Waals surface area (Å²) in [6, 6.07) is 0.113. The molecule has 1 rings (SSSR count). The Bertz CT molecular complexity index is 335. The minimum Gasteiger partial charge on any atom is -0.467 e. The van der Waals surface area contributed by atoms with Crippen molar-refractivity contribution in [3.8, 4) is 6.01 Å². The van der Waals surface area contributed by atoms with E-state index < -0.39 is 0 Å². The molecule has 0 aliphatic rings. The number of ether oxygens (including phenoxy) is 1. The summed E-state index contributed by atoms with van der Waals surface area (Å²) in [6.07, 6.45) is 1.30. The number of hydrogen-bond donors (Lipinski definition) is 0. The highest BCUT2D eigenvalue weighted by atomic mass is 35.5. The van der Waals surface area contributed by atoms with E-state index in [1.54, 1.807) is 0 Å². The molecule has 0 bridgehead atoms. The molecule has 1 heterocycles. The Labute approximate surface area is 72.8 Å². The molecular formula is C5H4ClN5O. The molecule has 12 heavy (non-hydrogen) atoms. The largest absolute Gasteiger partial charge is 0.467 e. The van der Waals surface area contributed by atoms with Crippen LogP contribution in [0.2, 0.25) is 5.02 Å². The second-order valence-electron chi connectivity index (χ2n) is 1.72. The topological polar surface area (TPSA) is 83.8 Å². The lowest BCUT2D eigenvalue weighted by atomic mass is 10.6. The van der Waals surface area contributed by atoms with Gasteiger partial charge >= 0.3 is 6.01 Å². The fraction of sp³-hybridized carbons (Fsp3) is 0.200. The fourth-order valence-corrected chi connectivity index (χ4v) is 0.682. The monoisotopic (exact) mass is 185 g/mol. The Morgan fingerprint density at radius 2 is 2.50 bits per heavy atom. The molecule has 0 unspecified atom stereocenters. The Kier molecular flexibility index (Phi) is 2.68. The average Bonchev–Trinajstić information content (AvgIpc) is 2.09. The molecule has 1 aromatic rings. The Hall–Kier alpha value is -1.52. The number of rotatable bonds is 2. The van der Waals surface area contributed by atoms with E-state index in [1.165, 1.54) is 13.3 Å². The molecule has 0 N–H and O–H groups in total. The average molecular weight is 186 g/mol. The van der Waals surface area contributed by atoms with Gasteiger partial charge in [-0.05, 0) is 10.6 Å². The van der Waals surface area contributed by atoms with Crippen LogP contribution in [0.3, 0.4) is 0 Å². The quantitative estimate of drug-likeness (QED) is 0.402. The molecule has 6 nitrogen and oxygen atoms in total. The zero-order valence-corrected chi connectivity index (χ0v) is 6.86. The zero-order chi connectivity index (χ0) is 8.97.